The maximum atomic E-state index is 11.6. The van der Waals surface area contributed by atoms with Gasteiger partial charge in [-0.3, -0.25) is 9.69 Å². The molecule has 3 nitrogen and oxygen atoms in total. The SMILES string of the molecule is O=C(O)[C@H]1CN(Cc2ccccc2)C[C@H]1Cc1ccccc1. The van der Waals surface area contributed by atoms with Gasteiger partial charge in [-0.2, -0.15) is 0 Å². The molecule has 0 unspecified atom stereocenters. The number of aliphatic carboxylic acids is 1. The highest BCUT2D eigenvalue weighted by Crippen LogP contribution is 2.28. The largest absolute Gasteiger partial charge is 0.481 e. The number of likely N-dealkylation sites (tertiary alicyclic amines) is 1. The van der Waals surface area contributed by atoms with Crippen LogP contribution in [0.15, 0.2) is 60.7 Å². The zero-order chi connectivity index (χ0) is 15.4. The van der Waals surface area contributed by atoms with Crippen LogP contribution >= 0.6 is 0 Å². The lowest BCUT2D eigenvalue weighted by atomic mass is 9.90. The summed E-state index contributed by atoms with van der Waals surface area (Å²) in [6.45, 7) is 2.32. The third kappa shape index (κ3) is 3.55. The van der Waals surface area contributed by atoms with Crippen LogP contribution in [0.1, 0.15) is 11.1 Å². The molecule has 2 aromatic rings. The molecule has 2 atom stereocenters. The lowest BCUT2D eigenvalue weighted by Crippen LogP contribution is -2.24. The van der Waals surface area contributed by atoms with Crippen molar-refractivity contribution in [3.05, 3.63) is 71.8 Å². The zero-order valence-corrected chi connectivity index (χ0v) is 12.6. The first-order valence-corrected chi connectivity index (χ1v) is 7.75. The van der Waals surface area contributed by atoms with E-state index in [-0.39, 0.29) is 11.8 Å². The molecule has 3 rings (SSSR count). The van der Waals surface area contributed by atoms with Gasteiger partial charge in [-0.25, -0.2) is 0 Å². The molecule has 114 valence electrons. The van der Waals surface area contributed by atoms with Gasteiger partial charge in [0.1, 0.15) is 0 Å². The van der Waals surface area contributed by atoms with Crippen LogP contribution in [0.5, 0.6) is 0 Å². The number of carboxylic acids is 1. The Hall–Kier alpha value is -2.13. The average molecular weight is 295 g/mol. The van der Waals surface area contributed by atoms with E-state index in [1.54, 1.807) is 0 Å². The summed E-state index contributed by atoms with van der Waals surface area (Å²) in [6.07, 6.45) is 0.836. The second-order valence-electron chi connectivity index (χ2n) is 6.07. The van der Waals surface area contributed by atoms with Crippen LogP contribution in [0, 0.1) is 11.8 Å². The van der Waals surface area contributed by atoms with Crippen molar-refractivity contribution < 1.29 is 9.90 Å². The van der Waals surface area contributed by atoms with E-state index < -0.39 is 5.97 Å². The van der Waals surface area contributed by atoms with E-state index in [2.05, 4.69) is 29.2 Å². The molecule has 1 saturated heterocycles. The van der Waals surface area contributed by atoms with Crippen molar-refractivity contribution in [2.75, 3.05) is 13.1 Å². The van der Waals surface area contributed by atoms with E-state index in [0.717, 1.165) is 19.5 Å². The third-order valence-corrected chi connectivity index (χ3v) is 4.42. The van der Waals surface area contributed by atoms with Crippen LogP contribution in [0.4, 0.5) is 0 Å². The van der Waals surface area contributed by atoms with Crippen LogP contribution < -0.4 is 0 Å². The standard InChI is InChI=1S/C19H21NO2/c21-19(22)18-14-20(12-16-9-5-2-6-10-16)13-17(18)11-15-7-3-1-4-8-15/h1-10,17-18H,11-14H2,(H,21,22)/t17-,18+/m1/s1. The van der Waals surface area contributed by atoms with Crippen LogP contribution in [-0.4, -0.2) is 29.1 Å². The molecule has 1 aliphatic heterocycles. The number of hydrogen-bond donors (Lipinski definition) is 1. The molecule has 22 heavy (non-hydrogen) atoms. The number of carboxylic acid groups (broad SMARTS) is 1. The molecule has 0 amide bonds. The zero-order valence-electron chi connectivity index (χ0n) is 12.6. The summed E-state index contributed by atoms with van der Waals surface area (Å²) in [5.41, 5.74) is 2.47. The molecule has 1 N–H and O–H groups in total. The van der Waals surface area contributed by atoms with Gasteiger partial charge in [0.15, 0.2) is 0 Å². The van der Waals surface area contributed by atoms with Crippen LogP contribution in [0.2, 0.25) is 0 Å². The van der Waals surface area contributed by atoms with Gasteiger partial charge in [0.25, 0.3) is 0 Å². The van der Waals surface area contributed by atoms with Crippen molar-refractivity contribution in [3.8, 4) is 0 Å². The van der Waals surface area contributed by atoms with Crippen LogP contribution in [0.25, 0.3) is 0 Å². The second kappa shape index (κ2) is 6.75. The lowest BCUT2D eigenvalue weighted by Gasteiger charge is -2.16. The Balaban J connectivity index is 1.68. The molecule has 0 bridgehead atoms. The fourth-order valence-corrected chi connectivity index (χ4v) is 3.33. The Bertz CT molecular complexity index is 612. The number of benzene rings is 2. The van der Waals surface area contributed by atoms with Gasteiger partial charge in [-0.05, 0) is 23.5 Å². The van der Waals surface area contributed by atoms with Gasteiger partial charge < -0.3 is 5.11 Å². The predicted octanol–water partition coefficient (Wildman–Crippen LogP) is 3.06. The number of hydrogen-bond acceptors (Lipinski definition) is 2. The summed E-state index contributed by atoms with van der Waals surface area (Å²) in [6, 6.07) is 20.4. The topological polar surface area (TPSA) is 40.5 Å². The van der Waals surface area contributed by atoms with E-state index in [1.165, 1.54) is 11.1 Å². The molecule has 1 fully saturated rings. The van der Waals surface area contributed by atoms with Gasteiger partial charge in [0, 0.05) is 19.6 Å². The van der Waals surface area contributed by atoms with Crippen LogP contribution in [-0.2, 0) is 17.8 Å². The minimum atomic E-state index is -0.670. The molecule has 1 heterocycles. The minimum Gasteiger partial charge on any atom is -0.481 e. The Morgan fingerprint density at radius 2 is 1.55 bits per heavy atom. The average Bonchev–Trinajstić information content (AvgIpc) is 2.92. The summed E-state index contributed by atoms with van der Waals surface area (Å²) >= 11 is 0. The van der Waals surface area contributed by atoms with Crippen molar-refractivity contribution in [1.82, 2.24) is 4.90 Å². The molecule has 0 spiro atoms. The Kier molecular flexibility index (Phi) is 4.54. The first kappa shape index (κ1) is 14.8. The minimum absolute atomic E-state index is 0.184. The van der Waals surface area contributed by atoms with Gasteiger partial charge in [0.05, 0.1) is 5.92 Å². The fraction of sp³-hybridized carbons (Fsp3) is 0.316. The Labute approximate surface area is 131 Å². The van der Waals surface area contributed by atoms with Gasteiger partial charge in [-0.15, -0.1) is 0 Å². The van der Waals surface area contributed by atoms with Gasteiger partial charge in [0.2, 0.25) is 0 Å². The maximum absolute atomic E-state index is 11.6. The predicted molar refractivity (Wildman–Crippen MR) is 86.5 cm³/mol. The number of rotatable bonds is 5. The normalized spacial score (nSPS) is 21.8. The first-order chi connectivity index (χ1) is 10.7. The van der Waals surface area contributed by atoms with E-state index in [9.17, 15) is 9.90 Å². The molecule has 1 aliphatic rings. The Morgan fingerprint density at radius 1 is 0.955 bits per heavy atom. The highest BCUT2D eigenvalue weighted by molar-refractivity contribution is 5.71. The molecular weight excluding hydrogens is 274 g/mol. The van der Waals surface area contributed by atoms with Crippen molar-refractivity contribution in [1.29, 1.82) is 0 Å². The molecule has 3 heteroatoms. The van der Waals surface area contributed by atoms with Crippen molar-refractivity contribution in [2.24, 2.45) is 11.8 Å². The van der Waals surface area contributed by atoms with E-state index in [0.29, 0.717) is 6.54 Å². The molecular formula is C19H21NO2. The van der Waals surface area contributed by atoms with E-state index in [4.69, 9.17) is 0 Å². The fourth-order valence-electron chi connectivity index (χ4n) is 3.33. The van der Waals surface area contributed by atoms with Gasteiger partial charge in [-0.1, -0.05) is 60.7 Å². The van der Waals surface area contributed by atoms with E-state index >= 15 is 0 Å². The quantitative estimate of drug-likeness (QED) is 0.921. The van der Waals surface area contributed by atoms with Gasteiger partial charge >= 0.3 is 5.97 Å². The van der Waals surface area contributed by atoms with E-state index in [1.807, 2.05) is 36.4 Å². The highest BCUT2D eigenvalue weighted by atomic mass is 16.4. The number of carbonyl (C=O) groups is 1. The summed E-state index contributed by atoms with van der Waals surface area (Å²) in [7, 11) is 0. The molecule has 0 saturated carbocycles. The Morgan fingerprint density at radius 3 is 2.14 bits per heavy atom. The number of nitrogens with zero attached hydrogens (tertiary/aromatic N) is 1. The van der Waals surface area contributed by atoms with Crippen molar-refractivity contribution in [2.45, 2.75) is 13.0 Å². The summed E-state index contributed by atoms with van der Waals surface area (Å²) in [5.74, 6) is -0.760. The lowest BCUT2D eigenvalue weighted by molar-refractivity contribution is -0.142. The second-order valence-corrected chi connectivity index (χ2v) is 6.07. The monoisotopic (exact) mass is 295 g/mol. The maximum Gasteiger partial charge on any atom is 0.308 e. The highest BCUT2D eigenvalue weighted by Gasteiger charge is 2.37. The third-order valence-electron chi connectivity index (χ3n) is 4.42. The molecule has 0 aliphatic carbocycles. The smallest absolute Gasteiger partial charge is 0.308 e. The molecule has 2 aromatic carbocycles. The van der Waals surface area contributed by atoms with Crippen molar-refractivity contribution >= 4 is 5.97 Å². The molecule has 0 aromatic heterocycles. The molecule has 0 radical (unpaired) electrons. The summed E-state index contributed by atoms with van der Waals surface area (Å²) in [4.78, 5) is 13.8. The van der Waals surface area contributed by atoms with Crippen LogP contribution in [0.3, 0.4) is 0 Å². The first-order valence-electron chi connectivity index (χ1n) is 7.75. The summed E-state index contributed by atoms with van der Waals surface area (Å²) in [5, 5.41) is 9.52. The van der Waals surface area contributed by atoms with Crippen molar-refractivity contribution in [3.63, 3.8) is 0 Å². The summed E-state index contributed by atoms with van der Waals surface area (Å²) < 4.78 is 0.